The summed E-state index contributed by atoms with van der Waals surface area (Å²) in [5, 5.41) is 2.12. The number of carbonyl (C=O) groups is 1. The van der Waals surface area contributed by atoms with Gasteiger partial charge in [-0.05, 0) is 30.4 Å². The van der Waals surface area contributed by atoms with Gasteiger partial charge in [0.1, 0.15) is 5.78 Å². The lowest BCUT2D eigenvalue weighted by atomic mass is 9.75. The molecule has 1 aliphatic carbocycles. The van der Waals surface area contributed by atoms with E-state index < -0.39 is 0 Å². The number of aryl methyl sites for hydroxylation is 1. The fraction of sp³-hybridized carbons (Fsp3) is 0.435. The minimum atomic E-state index is 0.170. The van der Waals surface area contributed by atoms with Crippen molar-refractivity contribution in [3.8, 4) is 11.3 Å². The van der Waals surface area contributed by atoms with Crippen molar-refractivity contribution < 1.29 is 13.9 Å². The first-order chi connectivity index (χ1) is 14.2. The summed E-state index contributed by atoms with van der Waals surface area (Å²) >= 11 is 0. The van der Waals surface area contributed by atoms with Crippen LogP contribution < -0.4 is 0 Å². The number of oxazole rings is 1. The van der Waals surface area contributed by atoms with Crippen LogP contribution in [0.25, 0.3) is 22.1 Å². The van der Waals surface area contributed by atoms with Crippen LogP contribution in [0.4, 0.5) is 0 Å². The fourth-order valence-electron chi connectivity index (χ4n) is 4.35. The van der Waals surface area contributed by atoms with Crippen molar-refractivity contribution in [3.05, 3.63) is 48.2 Å². The predicted octanol–water partition coefficient (Wildman–Crippen LogP) is 3.42. The molecule has 3 heterocycles. The molecule has 0 N–H and O–H groups in total. The minimum absolute atomic E-state index is 0.170. The summed E-state index contributed by atoms with van der Waals surface area (Å²) in [5.41, 5.74) is 1.82. The molecule has 0 spiro atoms. The molecule has 6 nitrogen and oxygen atoms in total. The normalized spacial score (nSPS) is 22.5. The van der Waals surface area contributed by atoms with Crippen LogP contribution in [-0.4, -0.2) is 53.0 Å². The zero-order valence-electron chi connectivity index (χ0n) is 16.6. The van der Waals surface area contributed by atoms with Gasteiger partial charge >= 0.3 is 0 Å². The number of rotatable bonds is 5. The van der Waals surface area contributed by atoms with E-state index >= 15 is 0 Å². The Morgan fingerprint density at radius 3 is 2.69 bits per heavy atom. The summed E-state index contributed by atoms with van der Waals surface area (Å²) in [7, 11) is 0. The second-order valence-electron chi connectivity index (χ2n) is 8.09. The standard InChI is InChI=1S/C23H25N3O3/c1-15-24-14-23(29-15)16-2-3-17-13-25-20(9-18(17)8-16)12-22(27)19-10-21(11-19)26-4-6-28-7-5-26/h2-3,8-9,13-14,19,21H,4-7,10-12H2,1H3. The number of Topliss-reactive ketones (excluding diaryl/α,β-unsaturated/α-hetero) is 1. The topological polar surface area (TPSA) is 68.5 Å². The third-order valence-electron chi connectivity index (χ3n) is 6.17. The van der Waals surface area contributed by atoms with Gasteiger partial charge in [-0.3, -0.25) is 14.7 Å². The zero-order valence-corrected chi connectivity index (χ0v) is 16.6. The second kappa shape index (κ2) is 7.69. The molecule has 0 amide bonds. The summed E-state index contributed by atoms with van der Waals surface area (Å²) in [5.74, 6) is 1.88. The van der Waals surface area contributed by atoms with Crippen molar-refractivity contribution in [1.82, 2.24) is 14.9 Å². The van der Waals surface area contributed by atoms with Crippen LogP contribution >= 0.6 is 0 Å². The van der Waals surface area contributed by atoms with Gasteiger partial charge in [-0.25, -0.2) is 4.98 Å². The van der Waals surface area contributed by atoms with Gasteiger partial charge in [0.2, 0.25) is 0 Å². The number of hydrogen-bond donors (Lipinski definition) is 0. The van der Waals surface area contributed by atoms with Gasteiger partial charge in [-0.2, -0.15) is 0 Å². The molecule has 3 aromatic rings. The molecular formula is C23H25N3O3. The van der Waals surface area contributed by atoms with Crippen molar-refractivity contribution in [3.63, 3.8) is 0 Å². The lowest BCUT2D eigenvalue weighted by molar-refractivity contribution is -0.127. The Balaban J connectivity index is 1.26. The molecule has 1 aliphatic heterocycles. The SMILES string of the molecule is Cc1ncc(-c2ccc3cnc(CC(=O)C4CC(N5CCOCC5)C4)cc3c2)o1. The van der Waals surface area contributed by atoms with Crippen molar-refractivity contribution in [2.75, 3.05) is 26.3 Å². The number of aromatic nitrogens is 2. The number of nitrogens with zero attached hydrogens (tertiary/aromatic N) is 3. The molecule has 5 rings (SSSR count). The van der Waals surface area contributed by atoms with E-state index in [1.807, 2.05) is 31.3 Å². The number of morpholine rings is 1. The number of fused-ring (bicyclic) bond motifs is 1. The van der Waals surface area contributed by atoms with Crippen LogP contribution in [0.15, 0.2) is 41.1 Å². The lowest BCUT2D eigenvalue weighted by Crippen LogP contribution is -2.51. The smallest absolute Gasteiger partial charge is 0.191 e. The van der Waals surface area contributed by atoms with Gasteiger partial charge in [-0.15, -0.1) is 0 Å². The van der Waals surface area contributed by atoms with Gasteiger partial charge in [0.25, 0.3) is 0 Å². The largest absolute Gasteiger partial charge is 0.441 e. The van der Waals surface area contributed by atoms with E-state index in [9.17, 15) is 4.79 Å². The number of ketones is 1. The molecule has 0 radical (unpaired) electrons. The van der Waals surface area contributed by atoms with Gasteiger partial charge in [0, 0.05) is 61.2 Å². The molecule has 0 unspecified atom stereocenters. The lowest BCUT2D eigenvalue weighted by Gasteiger charge is -2.43. The van der Waals surface area contributed by atoms with Crippen LogP contribution in [0.1, 0.15) is 24.4 Å². The highest BCUT2D eigenvalue weighted by atomic mass is 16.5. The quantitative estimate of drug-likeness (QED) is 0.664. The molecule has 6 heteroatoms. The summed E-state index contributed by atoms with van der Waals surface area (Å²) in [6.07, 6.45) is 5.94. The first kappa shape index (κ1) is 18.5. The number of pyridine rings is 1. The highest BCUT2D eigenvalue weighted by Crippen LogP contribution is 2.34. The van der Waals surface area contributed by atoms with Crippen molar-refractivity contribution >= 4 is 16.6 Å². The van der Waals surface area contributed by atoms with E-state index in [2.05, 4.69) is 20.9 Å². The Kier molecular flexibility index (Phi) is 4.89. The summed E-state index contributed by atoms with van der Waals surface area (Å²) < 4.78 is 11.1. The molecular weight excluding hydrogens is 366 g/mol. The highest BCUT2D eigenvalue weighted by molar-refractivity contribution is 5.88. The molecule has 150 valence electrons. The maximum Gasteiger partial charge on any atom is 0.191 e. The van der Waals surface area contributed by atoms with E-state index in [-0.39, 0.29) is 5.92 Å². The molecule has 2 aliphatic rings. The number of carbonyl (C=O) groups excluding carboxylic acids is 1. The van der Waals surface area contributed by atoms with Crippen LogP contribution in [0.3, 0.4) is 0 Å². The zero-order chi connectivity index (χ0) is 19.8. The summed E-state index contributed by atoms with van der Waals surface area (Å²) in [6.45, 7) is 5.44. The van der Waals surface area contributed by atoms with E-state index in [1.165, 1.54) is 0 Å². The fourth-order valence-corrected chi connectivity index (χ4v) is 4.35. The van der Waals surface area contributed by atoms with E-state index in [4.69, 9.17) is 9.15 Å². The second-order valence-corrected chi connectivity index (χ2v) is 8.09. The minimum Gasteiger partial charge on any atom is -0.441 e. The number of ether oxygens (including phenoxy) is 1. The van der Waals surface area contributed by atoms with Crippen LogP contribution in [0, 0.1) is 12.8 Å². The third-order valence-corrected chi connectivity index (χ3v) is 6.17. The van der Waals surface area contributed by atoms with Crippen molar-refractivity contribution in [2.45, 2.75) is 32.2 Å². The predicted molar refractivity (Wildman–Crippen MR) is 110 cm³/mol. The van der Waals surface area contributed by atoms with Crippen molar-refractivity contribution in [2.24, 2.45) is 5.92 Å². The molecule has 1 aromatic carbocycles. The van der Waals surface area contributed by atoms with Gasteiger partial charge in [0.15, 0.2) is 11.7 Å². The summed E-state index contributed by atoms with van der Waals surface area (Å²) in [6, 6.07) is 8.68. The molecule has 29 heavy (non-hydrogen) atoms. The molecule has 2 fully saturated rings. The number of hydrogen-bond acceptors (Lipinski definition) is 6. The molecule has 0 atom stereocenters. The van der Waals surface area contributed by atoms with Crippen LogP contribution in [-0.2, 0) is 16.0 Å². The maximum absolute atomic E-state index is 12.7. The summed E-state index contributed by atoms with van der Waals surface area (Å²) in [4.78, 5) is 23.9. The van der Waals surface area contributed by atoms with E-state index in [1.54, 1.807) is 6.20 Å². The van der Waals surface area contributed by atoms with Crippen molar-refractivity contribution in [1.29, 1.82) is 0 Å². The van der Waals surface area contributed by atoms with Gasteiger partial charge in [-0.1, -0.05) is 12.1 Å². The molecule has 1 saturated carbocycles. The molecule has 0 bridgehead atoms. The molecule has 1 saturated heterocycles. The highest BCUT2D eigenvalue weighted by Gasteiger charge is 2.37. The van der Waals surface area contributed by atoms with Crippen LogP contribution in [0.2, 0.25) is 0 Å². The Hall–Kier alpha value is -2.57. The Bertz CT molecular complexity index is 1030. The Morgan fingerprint density at radius 2 is 1.93 bits per heavy atom. The monoisotopic (exact) mass is 391 g/mol. The van der Waals surface area contributed by atoms with E-state index in [0.717, 1.165) is 66.9 Å². The van der Waals surface area contributed by atoms with E-state index in [0.29, 0.717) is 24.1 Å². The first-order valence-electron chi connectivity index (χ1n) is 10.3. The average molecular weight is 391 g/mol. The third kappa shape index (κ3) is 3.82. The maximum atomic E-state index is 12.7. The van der Waals surface area contributed by atoms with Gasteiger partial charge < -0.3 is 9.15 Å². The Labute approximate surface area is 169 Å². The Morgan fingerprint density at radius 1 is 1.10 bits per heavy atom. The number of benzene rings is 1. The van der Waals surface area contributed by atoms with Crippen LogP contribution in [0.5, 0.6) is 0 Å². The van der Waals surface area contributed by atoms with Gasteiger partial charge in [0.05, 0.1) is 19.4 Å². The molecule has 2 aromatic heterocycles. The average Bonchev–Trinajstić information content (AvgIpc) is 3.13. The first-order valence-corrected chi connectivity index (χ1v) is 10.3.